The Morgan fingerprint density at radius 1 is 1.03 bits per heavy atom. The molecule has 2 amide bonds. The van der Waals surface area contributed by atoms with Crippen LogP contribution in [-0.2, 0) is 11.3 Å². The number of thioether (sulfide) groups is 1. The number of anilines is 1. The number of para-hydroxylation sites is 1. The predicted octanol–water partition coefficient (Wildman–Crippen LogP) is 4.14. The van der Waals surface area contributed by atoms with Gasteiger partial charge < -0.3 is 15.2 Å². The summed E-state index contributed by atoms with van der Waals surface area (Å²) in [6.45, 7) is 8.36. The first kappa shape index (κ1) is 22.6. The van der Waals surface area contributed by atoms with Crippen LogP contribution in [0.3, 0.4) is 0 Å². The van der Waals surface area contributed by atoms with Gasteiger partial charge in [-0.1, -0.05) is 48.2 Å². The summed E-state index contributed by atoms with van der Waals surface area (Å²) in [5.41, 5.74) is 3.37. The molecule has 2 N–H and O–H groups in total. The van der Waals surface area contributed by atoms with Crippen LogP contribution in [0, 0.1) is 13.8 Å². The molecule has 3 rings (SSSR count). The Labute approximate surface area is 186 Å². The van der Waals surface area contributed by atoms with Gasteiger partial charge in [0.1, 0.15) is 0 Å². The van der Waals surface area contributed by atoms with Crippen LogP contribution in [0.1, 0.15) is 47.2 Å². The number of carbonyl (C=O) groups excluding carboxylic acids is 2. The van der Waals surface area contributed by atoms with Gasteiger partial charge >= 0.3 is 0 Å². The number of nitrogens with zero attached hydrogens (tertiary/aromatic N) is 3. The number of benzene rings is 2. The van der Waals surface area contributed by atoms with Crippen molar-refractivity contribution in [2.75, 3.05) is 11.1 Å². The van der Waals surface area contributed by atoms with Crippen LogP contribution in [0.4, 0.5) is 5.69 Å². The molecule has 0 saturated carbocycles. The van der Waals surface area contributed by atoms with Crippen LogP contribution < -0.4 is 10.6 Å². The van der Waals surface area contributed by atoms with Gasteiger partial charge in [0.15, 0.2) is 11.0 Å². The van der Waals surface area contributed by atoms with E-state index in [-0.39, 0.29) is 23.6 Å². The third-order valence-corrected chi connectivity index (χ3v) is 5.90. The highest BCUT2D eigenvalue weighted by atomic mass is 32.2. The van der Waals surface area contributed by atoms with E-state index in [9.17, 15) is 9.59 Å². The summed E-state index contributed by atoms with van der Waals surface area (Å²) in [4.78, 5) is 25.0. The van der Waals surface area contributed by atoms with Crippen LogP contribution in [0.2, 0.25) is 0 Å². The Kier molecular flexibility index (Phi) is 7.46. The molecule has 0 spiro atoms. The molecule has 0 aliphatic heterocycles. The minimum Gasteiger partial charge on any atom is -0.342 e. The molecule has 2 aromatic carbocycles. The molecule has 0 unspecified atom stereocenters. The highest BCUT2D eigenvalue weighted by Gasteiger charge is 2.20. The van der Waals surface area contributed by atoms with Gasteiger partial charge in [-0.15, -0.1) is 10.2 Å². The Morgan fingerprint density at radius 3 is 2.39 bits per heavy atom. The second-order valence-electron chi connectivity index (χ2n) is 7.25. The molecule has 1 heterocycles. The van der Waals surface area contributed by atoms with Crippen molar-refractivity contribution >= 4 is 29.3 Å². The summed E-state index contributed by atoms with van der Waals surface area (Å²) < 4.78 is 1.93. The van der Waals surface area contributed by atoms with Crippen molar-refractivity contribution in [3.8, 4) is 0 Å². The van der Waals surface area contributed by atoms with Crippen LogP contribution in [0.5, 0.6) is 0 Å². The number of rotatable bonds is 8. The SMILES string of the molecule is CCn1c(SCC(=O)Nc2ccccc2C)nnc1[C@H](C)NC(=O)c1ccccc1C. The quantitative estimate of drug-likeness (QED) is 0.517. The number of nitrogens with one attached hydrogen (secondary N) is 2. The van der Waals surface area contributed by atoms with Gasteiger partial charge in [-0.05, 0) is 51.0 Å². The van der Waals surface area contributed by atoms with E-state index in [1.807, 2.05) is 74.7 Å². The number of amides is 2. The molecular weight excluding hydrogens is 410 g/mol. The van der Waals surface area contributed by atoms with Crippen molar-refractivity contribution in [1.82, 2.24) is 20.1 Å². The maximum atomic E-state index is 12.6. The summed E-state index contributed by atoms with van der Waals surface area (Å²) in [6, 6.07) is 14.8. The molecule has 0 aliphatic carbocycles. The molecule has 31 heavy (non-hydrogen) atoms. The van der Waals surface area contributed by atoms with E-state index in [2.05, 4.69) is 20.8 Å². The van der Waals surface area contributed by atoms with Crippen molar-refractivity contribution in [2.45, 2.75) is 45.4 Å². The van der Waals surface area contributed by atoms with Crippen molar-refractivity contribution in [1.29, 1.82) is 0 Å². The van der Waals surface area contributed by atoms with E-state index in [1.54, 1.807) is 6.07 Å². The zero-order valence-corrected chi connectivity index (χ0v) is 19.0. The molecule has 1 aromatic heterocycles. The van der Waals surface area contributed by atoms with Crippen LogP contribution in [0.15, 0.2) is 53.7 Å². The van der Waals surface area contributed by atoms with Gasteiger partial charge in [0.25, 0.3) is 5.91 Å². The minimum absolute atomic E-state index is 0.104. The number of aryl methyl sites for hydroxylation is 2. The summed E-state index contributed by atoms with van der Waals surface area (Å²) in [7, 11) is 0. The van der Waals surface area contributed by atoms with Gasteiger partial charge in [0.2, 0.25) is 5.91 Å². The van der Waals surface area contributed by atoms with Gasteiger partial charge in [0.05, 0.1) is 11.8 Å². The molecular formula is C23H27N5O2S. The van der Waals surface area contributed by atoms with Crippen molar-refractivity contribution in [3.05, 3.63) is 71.0 Å². The average molecular weight is 438 g/mol. The zero-order valence-electron chi connectivity index (χ0n) is 18.2. The zero-order chi connectivity index (χ0) is 22.4. The fraction of sp³-hybridized carbons (Fsp3) is 0.304. The standard InChI is InChI=1S/C23H27N5O2S/c1-5-28-21(17(4)24-22(30)18-12-8-6-10-15(18)2)26-27-23(28)31-14-20(29)25-19-13-9-7-11-16(19)3/h6-13,17H,5,14H2,1-4H3,(H,24,30)(H,25,29)/t17-/m0/s1. The Hall–Kier alpha value is -3.13. The highest BCUT2D eigenvalue weighted by molar-refractivity contribution is 7.99. The predicted molar refractivity (Wildman–Crippen MR) is 123 cm³/mol. The lowest BCUT2D eigenvalue weighted by atomic mass is 10.1. The molecule has 3 aromatic rings. The first-order chi connectivity index (χ1) is 14.9. The van der Waals surface area contributed by atoms with E-state index in [0.717, 1.165) is 16.8 Å². The van der Waals surface area contributed by atoms with Crippen LogP contribution >= 0.6 is 11.8 Å². The molecule has 0 aliphatic rings. The highest BCUT2D eigenvalue weighted by Crippen LogP contribution is 2.22. The second-order valence-corrected chi connectivity index (χ2v) is 8.19. The first-order valence-corrected chi connectivity index (χ1v) is 11.2. The Bertz CT molecular complexity index is 1080. The Morgan fingerprint density at radius 2 is 1.71 bits per heavy atom. The van der Waals surface area contributed by atoms with E-state index in [0.29, 0.717) is 23.1 Å². The summed E-state index contributed by atoms with van der Waals surface area (Å²) in [5.74, 6) is 0.623. The van der Waals surface area contributed by atoms with Gasteiger partial charge in [-0.2, -0.15) is 0 Å². The number of hydrogen-bond donors (Lipinski definition) is 2. The molecule has 7 nitrogen and oxygen atoms in total. The van der Waals surface area contributed by atoms with Gasteiger partial charge in [0, 0.05) is 17.8 Å². The lowest BCUT2D eigenvalue weighted by Gasteiger charge is -2.16. The number of aromatic nitrogens is 3. The van der Waals surface area contributed by atoms with Crippen molar-refractivity contribution < 1.29 is 9.59 Å². The van der Waals surface area contributed by atoms with Crippen molar-refractivity contribution in [3.63, 3.8) is 0 Å². The molecule has 162 valence electrons. The van der Waals surface area contributed by atoms with Gasteiger partial charge in [-0.3, -0.25) is 9.59 Å². The largest absolute Gasteiger partial charge is 0.342 e. The Balaban J connectivity index is 1.64. The average Bonchev–Trinajstić information content (AvgIpc) is 3.17. The number of carbonyl (C=O) groups is 2. The molecule has 0 bridgehead atoms. The molecule has 0 radical (unpaired) electrons. The normalized spacial score (nSPS) is 11.7. The van der Waals surface area contributed by atoms with E-state index in [1.165, 1.54) is 11.8 Å². The minimum atomic E-state index is -0.324. The molecule has 8 heteroatoms. The molecule has 0 saturated heterocycles. The summed E-state index contributed by atoms with van der Waals surface area (Å²) in [6.07, 6.45) is 0. The fourth-order valence-corrected chi connectivity index (χ4v) is 4.03. The first-order valence-electron chi connectivity index (χ1n) is 10.2. The van der Waals surface area contributed by atoms with E-state index >= 15 is 0 Å². The van der Waals surface area contributed by atoms with E-state index in [4.69, 9.17) is 0 Å². The number of hydrogen-bond acceptors (Lipinski definition) is 5. The second kappa shape index (κ2) is 10.3. The van der Waals surface area contributed by atoms with Crippen molar-refractivity contribution in [2.24, 2.45) is 0 Å². The molecule has 1 atom stereocenters. The van der Waals surface area contributed by atoms with Crippen LogP contribution in [0.25, 0.3) is 0 Å². The van der Waals surface area contributed by atoms with Crippen LogP contribution in [-0.4, -0.2) is 32.3 Å². The van der Waals surface area contributed by atoms with Gasteiger partial charge in [-0.25, -0.2) is 0 Å². The molecule has 0 fully saturated rings. The lowest BCUT2D eigenvalue weighted by Crippen LogP contribution is -2.29. The van der Waals surface area contributed by atoms with E-state index < -0.39 is 0 Å². The maximum Gasteiger partial charge on any atom is 0.252 e. The smallest absolute Gasteiger partial charge is 0.252 e. The lowest BCUT2D eigenvalue weighted by molar-refractivity contribution is -0.113. The fourth-order valence-electron chi connectivity index (χ4n) is 3.22. The monoisotopic (exact) mass is 437 g/mol. The topological polar surface area (TPSA) is 88.9 Å². The summed E-state index contributed by atoms with van der Waals surface area (Å²) in [5, 5.41) is 15.1. The third kappa shape index (κ3) is 5.52. The summed E-state index contributed by atoms with van der Waals surface area (Å²) >= 11 is 1.33. The third-order valence-electron chi connectivity index (χ3n) is 4.94. The maximum absolute atomic E-state index is 12.6.